The van der Waals surface area contributed by atoms with Gasteiger partial charge in [0.1, 0.15) is 0 Å². The van der Waals surface area contributed by atoms with Gasteiger partial charge in [-0.3, -0.25) is 19.3 Å². The molecule has 14 heavy (non-hydrogen) atoms. The number of ketones is 1. The summed E-state index contributed by atoms with van der Waals surface area (Å²) >= 11 is 0. The molecular formula is C10H13NO3. The second-order valence-electron chi connectivity index (χ2n) is 3.63. The number of hydrogen-bond donors (Lipinski definition) is 0. The van der Waals surface area contributed by atoms with Crippen LogP contribution >= 0.6 is 0 Å². The van der Waals surface area contributed by atoms with E-state index >= 15 is 0 Å². The summed E-state index contributed by atoms with van der Waals surface area (Å²) in [5.41, 5.74) is 0.366. The number of carbonyl (C=O) groups excluding carboxylic acids is 3. The lowest BCUT2D eigenvalue weighted by Gasteiger charge is -2.12. The standard InChI is InChI=1S/C10H13NO3/c1-6(2)8(12)5-11-9(13)4-7(3)10(11)14/h7H,1,4-5H2,2-3H3. The van der Waals surface area contributed by atoms with Gasteiger partial charge in [0, 0.05) is 12.3 Å². The smallest absolute Gasteiger partial charge is 0.232 e. The lowest BCUT2D eigenvalue weighted by atomic mass is 10.1. The Kier molecular flexibility index (Phi) is 2.84. The molecule has 1 saturated heterocycles. The van der Waals surface area contributed by atoms with Gasteiger partial charge < -0.3 is 0 Å². The number of imide groups is 1. The number of Topliss-reactive ketones (excluding diaryl/α,β-unsaturated/α-hetero) is 1. The monoisotopic (exact) mass is 195 g/mol. The molecule has 0 bridgehead atoms. The highest BCUT2D eigenvalue weighted by molar-refractivity contribution is 6.08. The summed E-state index contributed by atoms with van der Waals surface area (Å²) in [6, 6.07) is 0. The fourth-order valence-corrected chi connectivity index (χ4v) is 1.29. The summed E-state index contributed by atoms with van der Waals surface area (Å²) in [5.74, 6) is -1.08. The number of hydrogen-bond acceptors (Lipinski definition) is 3. The number of carbonyl (C=O) groups is 3. The van der Waals surface area contributed by atoms with Crippen LogP contribution in [0.1, 0.15) is 20.3 Å². The van der Waals surface area contributed by atoms with Gasteiger partial charge in [0.15, 0.2) is 5.78 Å². The van der Waals surface area contributed by atoms with E-state index in [1.807, 2.05) is 0 Å². The molecule has 0 aromatic rings. The third kappa shape index (κ3) is 1.89. The van der Waals surface area contributed by atoms with E-state index < -0.39 is 0 Å². The van der Waals surface area contributed by atoms with Gasteiger partial charge in [-0.25, -0.2) is 0 Å². The zero-order chi connectivity index (χ0) is 10.9. The molecule has 0 aromatic carbocycles. The van der Waals surface area contributed by atoms with Gasteiger partial charge in [-0.2, -0.15) is 0 Å². The summed E-state index contributed by atoms with van der Waals surface area (Å²) in [6.07, 6.45) is 0.211. The molecule has 0 N–H and O–H groups in total. The van der Waals surface area contributed by atoms with Crippen molar-refractivity contribution in [1.29, 1.82) is 0 Å². The Hall–Kier alpha value is -1.45. The molecule has 1 unspecified atom stereocenters. The minimum Gasteiger partial charge on any atom is -0.293 e. The molecule has 0 aromatic heterocycles. The fraction of sp³-hybridized carbons (Fsp3) is 0.500. The average Bonchev–Trinajstić information content (AvgIpc) is 2.32. The summed E-state index contributed by atoms with van der Waals surface area (Å²) < 4.78 is 0. The van der Waals surface area contributed by atoms with Gasteiger partial charge in [0.2, 0.25) is 11.8 Å². The Balaban J connectivity index is 2.70. The van der Waals surface area contributed by atoms with Crippen molar-refractivity contribution >= 4 is 17.6 Å². The molecule has 1 atom stereocenters. The Morgan fingerprint density at radius 1 is 1.57 bits per heavy atom. The van der Waals surface area contributed by atoms with Crippen LogP contribution in [-0.4, -0.2) is 29.0 Å². The second kappa shape index (κ2) is 3.74. The summed E-state index contributed by atoms with van der Waals surface area (Å²) in [6.45, 7) is 6.56. The molecule has 0 saturated carbocycles. The predicted octanol–water partition coefficient (Wildman–Crippen LogP) is 0.527. The molecule has 0 radical (unpaired) electrons. The van der Waals surface area contributed by atoms with Crippen LogP contribution in [0.25, 0.3) is 0 Å². The Labute approximate surface area is 82.6 Å². The Morgan fingerprint density at radius 3 is 2.50 bits per heavy atom. The van der Waals surface area contributed by atoms with Crippen LogP contribution in [0.5, 0.6) is 0 Å². The van der Waals surface area contributed by atoms with Crippen LogP contribution in [0.15, 0.2) is 12.2 Å². The zero-order valence-electron chi connectivity index (χ0n) is 8.37. The van der Waals surface area contributed by atoms with Crippen molar-refractivity contribution in [2.24, 2.45) is 5.92 Å². The number of nitrogens with zero attached hydrogens (tertiary/aromatic N) is 1. The summed E-state index contributed by atoms with van der Waals surface area (Å²) in [7, 11) is 0. The van der Waals surface area contributed by atoms with Gasteiger partial charge >= 0.3 is 0 Å². The molecule has 1 aliphatic rings. The van der Waals surface area contributed by atoms with E-state index in [2.05, 4.69) is 6.58 Å². The van der Waals surface area contributed by atoms with Crippen molar-refractivity contribution in [3.8, 4) is 0 Å². The minimum absolute atomic E-state index is 0.155. The largest absolute Gasteiger partial charge is 0.293 e. The highest BCUT2D eigenvalue weighted by atomic mass is 16.2. The molecule has 4 heteroatoms. The highest BCUT2D eigenvalue weighted by Crippen LogP contribution is 2.18. The fourth-order valence-electron chi connectivity index (χ4n) is 1.29. The van der Waals surface area contributed by atoms with Crippen molar-refractivity contribution in [2.75, 3.05) is 6.54 Å². The molecule has 1 heterocycles. The Bertz CT molecular complexity index is 319. The summed E-state index contributed by atoms with van der Waals surface area (Å²) in [5, 5.41) is 0. The van der Waals surface area contributed by atoms with Crippen LogP contribution in [0.2, 0.25) is 0 Å². The number of rotatable bonds is 3. The first-order valence-corrected chi connectivity index (χ1v) is 4.46. The van der Waals surface area contributed by atoms with E-state index in [0.29, 0.717) is 5.57 Å². The van der Waals surface area contributed by atoms with E-state index in [9.17, 15) is 14.4 Å². The quantitative estimate of drug-likeness (QED) is 0.487. The first-order chi connectivity index (χ1) is 6.43. The van der Waals surface area contributed by atoms with E-state index in [1.54, 1.807) is 13.8 Å². The molecule has 0 aliphatic carbocycles. The van der Waals surface area contributed by atoms with Crippen molar-refractivity contribution < 1.29 is 14.4 Å². The number of amides is 2. The average molecular weight is 195 g/mol. The van der Waals surface area contributed by atoms with E-state index in [4.69, 9.17) is 0 Å². The SMILES string of the molecule is C=C(C)C(=O)CN1C(=O)CC(C)C1=O. The normalized spacial score (nSPS) is 21.6. The van der Waals surface area contributed by atoms with Crippen molar-refractivity contribution in [3.05, 3.63) is 12.2 Å². The van der Waals surface area contributed by atoms with Gasteiger partial charge in [0.25, 0.3) is 0 Å². The molecular weight excluding hydrogens is 182 g/mol. The van der Waals surface area contributed by atoms with Gasteiger partial charge in [-0.1, -0.05) is 13.5 Å². The maximum absolute atomic E-state index is 11.4. The third-order valence-corrected chi connectivity index (χ3v) is 2.25. The van der Waals surface area contributed by atoms with Gasteiger partial charge in [0.05, 0.1) is 6.54 Å². The van der Waals surface area contributed by atoms with Crippen LogP contribution < -0.4 is 0 Å². The molecule has 4 nitrogen and oxygen atoms in total. The van der Waals surface area contributed by atoms with Crippen molar-refractivity contribution in [1.82, 2.24) is 4.90 Å². The van der Waals surface area contributed by atoms with Crippen LogP contribution in [0.4, 0.5) is 0 Å². The highest BCUT2D eigenvalue weighted by Gasteiger charge is 2.36. The first-order valence-electron chi connectivity index (χ1n) is 4.46. The topological polar surface area (TPSA) is 54.5 Å². The lowest BCUT2D eigenvalue weighted by Crippen LogP contribution is -2.35. The van der Waals surface area contributed by atoms with Crippen molar-refractivity contribution in [3.63, 3.8) is 0 Å². The lowest BCUT2D eigenvalue weighted by molar-refractivity contribution is -0.141. The Morgan fingerprint density at radius 2 is 2.14 bits per heavy atom. The second-order valence-corrected chi connectivity index (χ2v) is 3.63. The molecule has 2 amide bonds. The maximum Gasteiger partial charge on any atom is 0.232 e. The molecule has 0 spiro atoms. The van der Waals surface area contributed by atoms with Crippen molar-refractivity contribution in [2.45, 2.75) is 20.3 Å². The van der Waals surface area contributed by atoms with E-state index in [-0.39, 0.29) is 36.5 Å². The van der Waals surface area contributed by atoms with E-state index in [1.165, 1.54) is 0 Å². The molecule has 1 aliphatic heterocycles. The maximum atomic E-state index is 11.4. The van der Waals surface area contributed by atoms with Crippen LogP contribution in [-0.2, 0) is 14.4 Å². The predicted molar refractivity (Wildman–Crippen MR) is 50.3 cm³/mol. The summed E-state index contributed by atoms with van der Waals surface area (Å²) in [4.78, 5) is 34.9. The van der Waals surface area contributed by atoms with Gasteiger partial charge in [-0.15, -0.1) is 0 Å². The first kappa shape index (κ1) is 10.6. The number of likely N-dealkylation sites (tertiary alicyclic amines) is 1. The third-order valence-electron chi connectivity index (χ3n) is 2.25. The molecule has 1 rings (SSSR count). The van der Waals surface area contributed by atoms with Crippen LogP contribution in [0.3, 0.4) is 0 Å². The molecule has 1 fully saturated rings. The molecule has 76 valence electrons. The van der Waals surface area contributed by atoms with Gasteiger partial charge in [-0.05, 0) is 12.5 Å². The minimum atomic E-state index is -0.291. The zero-order valence-corrected chi connectivity index (χ0v) is 8.37. The van der Waals surface area contributed by atoms with Crippen LogP contribution in [0, 0.1) is 5.92 Å². The van der Waals surface area contributed by atoms with E-state index in [0.717, 1.165) is 4.90 Å².